The number of benzene rings is 1. The Morgan fingerprint density at radius 1 is 1.08 bits per heavy atom. The minimum Gasteiger partial charge on any atom is -0.280 e. The Hall–Kier alpha value is -3.04. The largest absolute Gasteiger partial charge is 0.433 e. The lowest BCUT2D eigenvalue weighted by atomic mass is 10.2. The predicted octanol–water partition coefficient (Wildman–Crippen LogP) is 2.44. The van der Waals surface area contributed by atoms with E-state index in [1.54, 1.807) is 0 Å². The molecule has 10 heteroatoms. The highest BCUT2D eigenvalue weighted by molar-refractivity contribution is 5.74. The van der Waals surface area contributed by atoms with E-state index in [9.17, 15) is 31.5 Å². The van der Waals surface area contributed by atoms with Gasteiger partial charge in [-0.3, -0.25) is 13.9 Å². The molecule has 1 aromatic carbocycles. The van der Waals surface area contributed by atoms with Gasteiger partial charge in [-0.2, -0.15) is 13.2 Å². The van der Waals surface area contributed by atoms with Gasteiger partial charge in [0, 0.05) is 12.6 Å². The maximum absolute atomic E-state index is 13.8. The average molecular weight is 371 g/mol. The van der Waals surface area contributed by atoms with E-state index in [0.717, 1.165) is 23.7 Å². The molecule has 26 heavy (non-hydrogen) atoms. The number of aryl methyl sites for hydroxylation is 1. The number of hydrogen-bond donors (Lipinski definition) is 0. The summed E-state index contributed by atoms with van der Waals surface area (Å²) < 4.78 is 66.8. The molecule has 0 amide bonds. The van der Waals surface area contributed by atoms with Gasteiger partial charge >= 0.3 is 11.9 Å². The Labute approximate surface area is 141 Å². The van der Waals surface area contributed by atoms with Gasteiger partial charge in [-0.15, -0.1) is 0 Å². The zero-order valence-electron chi connectivity index (χ0n) is 13.1. The quantitative estimate of drug-likeness (QED) is 0.651. The van der Waals surface area contributed by atoms with Crippen LogP contribution in [0.2, 0.25) is 0 Å². The molecule has 136 valence electrons. The first-order chi connectivity index (χ1) is 12.1. The van der Waals surface area contributed by atoms with Crippen molar-refractivity contribution in [3.8, 4) is 0 Å². The van der Waals surface area contributed by atoms with E-state index in [-0.39, 0.29) is 10.9 Å². The Kier molecular flexibility index (Phi) is 4.13. The van der Waals surface area contributed by atoms with Crippen molar-refractivity contribution in [2.24, 2.45) is 7.05 Å². The van der Waals surface area contributed by atoms with E-state index in [2.05, 4.69) is 4.98 Å². The Morgan fingerprint density at radius 2 is 1.77 bits per heavy atom. The van der Waals surface area contributed by atoms with Crippen molar-refractivity contribution >= 4 is 11.0 Å². The van der Waals surface area contributed by atoms with Crippen LogP contribution in [-0.4, -0.2) is 14.1 Å². The number of nitrogens with zero attached hydrogens (tertiary/aromatic N) is 3. The molecular weight excluding hydrogens is 361 g/mol. The van der Waals surface area contributed by atoms with E-state index in [4.69, 9.17) is 0 Å². The highest BCUT2D eigenvalue weighted by atomic mass is 19.4. The van der Waals surface area contributed by atoms with Crippen molar-refractivity contribution in [3.63, 3.8) is 0 Å². The minimum atomic E-state index is -4.75. The van der Waals surface area contributed by atoms with Crippen molar-refractivity contribution in [2.45, 2.75) is 12.7 Å². The molecule has 0 atom stereocenters. The number of aromatic nitrogens is 3. The number of hydrogen-bond acceptors (Lipinski definition) is 3. The predicted molar refractivity (Wildman–Crippen MR) is 81.7 cm³/mol. The monoisotopic (exact) mass is 371 g/mol. The Morgan fingerprint density at radius 3 is 2.42 bits per heavy atom. The van der Waals surface area contributed by atoms with Gasteiger partial charge in [-0.25, -0.2) is 18.6 Å². The van der Waals surface area contributed by atoms with Crippen LogP contribution < -0.4 is 11.2 Å². The fraction of sp³-hybridized carbons (Fsp3) is 0.188. The summed E-state index contributed by atoms with van der Waals surface area (Å²) >= 11 is 0. The van der Waals surface area contributed by atoms with E-state index in [1.165, 1.54) is 12.1 Å². The number of fused-ring (bicyclic) bond motifs is 1. The summed E-state index contributed by atoms with van der Waals surface area (Å²) in [7, 11) is 1.13. The fourth-order valence-electron chi connectivity index (χ4n) is 2.51. The first-order valence-corrected chi connectivity index (χ1v) is 7.22. The average Bonchev–Trinajstić information content (AvgIpc) is 2.59. The zero-order valence-corrected chi connectivity index (χ0v) is 13.1. The number of pyridine rings is 1. The molecule has 0 saturated heterocycles. The summed E-state index contributed by atoms with van der Waals surface area (Å²) in [6.45, 7) is -0.577. The molecule has 2 heterocycles. The number of rotatable bonds is 2. The number of alkyl halides is 3. The van der Waals surface area contributed by atoms with E-state index < -0.39 is 46.9 Å². The first kappa shape index (κ1) is 17.8. The van der Waals surface area contributed by atoms with Crippen LogP contribution in [0.15, 0.2) is 39.9 Å². The molecule has 0 radical (unpaired) electrons. The summed E-state index contributed by atoms with van der Waals surface area (Å²) in [6.07, 6.45) is -4.75. The first-order valence-electron chi connectivity index (χ1n) is 7.22. The molecule has 0 aliphatic rings. The highest BCUT2D eigenvalue weighted by Crippen LogP contribution is 2.28. The Bertz CT molecular complexity index is 1130. The Balaban J connectivity index is 2.24. The SMILES string of the molecule is Cn1c(=O)n(Cc2cccc(F)c2F)c(=O)c2ccc(C(F)(F)F)nc21. The summed E-state index contributed by atoms with van der Waals surface area (Å²) in [5.74, 6) is -2.36. The molecule has 0 aliphatic heterocycles. The van der Waals surface area contributed by atoms with Crippen LogP contribution in [-0.2, 0) is 19.8 Å². The molecule has 0 N–H and O–H groups in total. The van der Waals surface area contributed by atoms with Crippen molar-refractivity contribution in [3.05, 3.63) is 74.1 Å². The van der Waals surface area contributed by atoms with Crippen molar-refractivity contribution in [2.75, 3.05) is 0 Å². The van der Waals surface area contributed by atoms with Crippen molar-refractivity contribution < 1.29 is 22.0 Å². The van der Waals surface area contributed by atoms with Crippen LogP contribution in [0.25, 0.3) is 11.0 Å². The zero-order chi connectivity index (χ0) is 19.2. The van der Waals surface area contributed by atoms with Gasteiger partial charge in [0.1, 0.15) is 11.3 Å². The second-order valence-corrected chi connectivity index (χ2v) is 5.51. The van der Waals surface area contributed by atoms with Crippen molar-refractivity contribution in [1.82, 2.24) is 14.1 Å². The van der Waals surface area contributed by atoms with E-state index in [1.807, 2.05) is 0 Å². The fourth-order valence-corrected chi connectivity index (χ4v) is 2.51. The lowest BCUT2D eigenvalue weighted by molar-refractivity contribution is -0.141. The molecular formula is C16H10F5N3O2. The second kappa shape index (κ2) is 6.04. The molecule has 0 fully saturated rings. The third-order valence-electron chi connectivity index (χ3n) is 3.84. The molecule has 0 bridgehead atoms. The van der Waals surface area contributed by atoms with E-state index >= 15 is 0 Å². The summed E-state index contributed by atoms with van der Waals surface area (Å²) in [5.41, 5.74) is -3.91. The molecule has 0 unspecified atom stereocenters. The topological polar surface area (TPSA) is 56.9 Å². The lowest BCUT2D eigenvalue weighted by Gasteiger charge is -2.12. The molecule has 3 rings (SSSR count). The maximum Gasteiger partial charge on any atom is 0.433 e. The van der Waals surface area contributed by atoms with Crippen molar-refractivity contribution in [1.29, 1.82) is 0 Å². The highest BCUT2D eigenvalue weighted by Gasteiger charge is 2.33. The molecule has 0 saturated carbocycles. The second-order valence-electron chi connectivity index (χ2n) is 5.51. The summed E-state index contributed by atoms with van der Waals surface area (Å²) in [5, 5.41) is -0.253. The van der Waals surface area contributed by atoms with Gasteiger partial charge in [-0.1, -0.05) is 12.1 Å². The van der Waals surface area contributed by atoms with Crippen LogP contribution in [0, 0.1) is 11.6 Å². The molecule has 5 nitrogen and oxygen atoms in total. The molecule has 2 aromatic heterocycles. The maximum atomic E-state index is 13.8. The smallest absolute Gasteiger partial charge is 0.280 e. The summed E-state index contributed by atoms with van der Waals surface area (Å²) in [6, 6.07) is 4.79. The van der Waals surface area contributed by atoms with Gasteiger partial charge in [0.25, 0.3) is 5.56 Å². The van der Waals surface area contributed by atoms with Gasteiger partial charge in [0.05, 0.1) is 11.9 Å². The standard InChI is InChI=1S/C16H10F5N3O2/c1-23-13-9(5-6-11(22-13)16(19,20)21)14(25)24(15(23)26)7-8-3-2-4-10(17)12(8)18/h2-6H,7H2,1H3. The lowest BCUT2D eigenvalue weighted by Crippen LogP contribution is -2.40. The molecule has 0 aliphatic carbocycles. The molecule has 3 aromatic rings. The third kappa shape index (κ3) is 2.87. The number of halogens is 5. The van der Waals surface area contributed by atoms with Gasteiger partial charge in [0.15, 0.2) is 11.6 Å². The minimum absolute atomic E-state index is 0.247. The van der Waals surface area contributed by atoms with Gasteiger partial charge in [-0.05, 0) is 18.2 Å². The van der Waals surface area contributed by atoms with Crippen LogP contribution in [0.1, 0.15) is 11.3 Å². The van der Waals surface area contributed by atoms with E-state index in [0.29, 0.717) is 10.6 Å². The van der Waals surface area contributed by atoms with Crippen LogP contribution in [0.3, 0.4) is 0 Å². The third-order valence-corrected chi connectivity index (χ3v) is 3.84. The van der Waals surface area contributed by atoms with Gasteiger partial charge < -0.3 is 0 Å². The van der Waals surface area contributed by atoms with Crippen LogP contribution in [0.4, 0.5) is 22.0 Å². The van der Waals surface area contributed by atoms with Crippen LogP contribution in [0.5, 0.6) is 0 Å². The summed E-state index contributed by atoms with van der Waals surface area (Å²) in [4.78, 5) is 28.2. The normalized spacial score (nSPS) is 11.9. The van der Waals surface area contributed by atoms with Gasteiger partial charge in [0.2, 0.25) is 0 Å². The van der Waals surface area contributed by atoms with Crippen LogP contribution >= 0.6 is 0 Å². The molecule has 0 spiro atoms.